The van der Waals surface area contributed by atoms with Crippen LogP contribution in [0, 0.1) is 20.8 Å². The van der Waals surface area contributed by atoms with Gasteiger partial charge in [-0.3, -0.25) is 24.5 Å². The lowest BCUT2D eigenvalue weighted by Crippen LogP contribution is -2.25. The van der Waals surface area contributed by atoms with Gasteiger partial charge in [0.25, 0.3) is 5.91 Å². The van der Waals surface area contributed by atoms with Crippen LogP contribution < -0.4 is 5.43 Å². The van der Waals surface area contributed by atoms with Gasteiger partial charge in [0.05, 0.1) is 6.42 Å². The van der Waals surface area contributed by atoms with Crippen molar-refractivity contribution < 1.29 is 19.1 Å². The van der Waals surface area contributed by atoms with Crippen molar-refractivity contribution in [2.75, 3.05) is 12.0 Å². The van der Waals surface area contributed by atoms with Crippen molar-refractivity contribution in [2.24, 2.45) is 0 Å². The molecule has 0 spiro atoms. The van der Waals surface area contributed by atoms with Crippen LogP contribution in [-0.2, 0) is 16.0 Å². The van der Waals surface area contributed by atoms with Crippen molar-refractivity contribution >= 4 is 17.7 Å². The summed E-state index contributed by atoms with van der Waals surface area (Å²) in [6, 6.07) is 18.1. The smallest absolute Gasteiger partial charge is 0.310 e. The molecule has 1 N–H and O–H groups in total. The van der Waals surface area contributed by atoms with Crippen molar-refractivity contribution in [1.82, 2.24) is 4.68 Å². The van der Waals surface area contributed by atoms with Gasteiger partial charge in [0, 0.05) is 22.5 Å². The Labute approximate surface area is 175 Å². The Morgan fingerprint density at radius 1 is 0.933 bits per heavy atom. The molecular weight excluding hydrogens is 380 g/mol. The van der Waals surface area contributed by atoms with Crippen LogP contribution in [0.15, 0.2) is 60.7 Å². The van der Waals surface area contributed by atoms with Gasteiger partial charge in [0.15, 0.2) is 6.61 Å². The number of aromatic nitrogens is 1. The van der Waals surface area contributed by atoms with Crippen molar-refractivity contribution in [3.05, 3.63) is 94.3 Å². The quantitative estimate of drug-likeness (QED) is 0.480. The molecule has 0 fully saturated rings. The highest BCUT2D eigenvalue weighted by atomic mass is 16.5. The minimum Gasteiger partial charge on any atom is -0.457 e. The summed E-state index contributed by atoms with van der Waals surface area (Å²) in [5.74, 6) is -1.06. The molecule has 154 valence electrons. The molecule has 1 aromatic heterocycles. The molecule has 0 saturated carbocycles. The predicted molar refractivity (Wildman–Crippen MR) is 114 cm³/mol. The van der Waals surface area contributed by atoms with Crippen molar-refractivity contribution in [1.29, 1.82) is 0 Å². The number of nitrogens with zero attached hydrogens (tertiary/aromatic N) is 1. The fourth-order valence-electron chi connectivity index (χ4n) is 3.12. The molecule has 30 heavy (non-hydrogen) atoms. The van der Waals surface area contributed by atoms with E-state index in [-0.39, 0.29) is 24.7 Å². The first kappa shape index (κ1) is 21.0. The number of nitrogens with one attached hydrogen (secondary N) is 1. The van der Waals surface area contributed by atoms with Crippen LogP contribution >= 0.6 is 0 Å². The number of benzene rings is 2. The van der Waals surface area contributed by atoms with Crippen LogP contribution in [0.2, 0.25) is 0 Å². The summed E-state index contributed by atoms with van der Waals surface area (Å²) < 4.78 is 6.73. The third-order valence-corrected chi connectivity index (χ3v) is 4.81. The molecule has 0 saturated heterocycles. The lowest BCUT2D eigenvalue weighted by atomic mass is 10.1. The number of ketones is 1. The molecule has 1 heterocycles. The average Bonchev–Trinajstić information content (AvgIpc) is 3.02. The molecule has 1 amide bonds. The van der Waals surface area contributed by atoms with Crippen molar-refractivity contribution in [2.45, 2.75) is 27.2 Å². The zero-order chi connectivity index (χ0) is 21.7. The average molecular weight is 404 g/mol. The standard InChI is InChI=1S/C24H24N2O4/c1-16-9-11-19(12-10-16)14-23(28)30-15-22(27)21-13-17(2)26(18(21)3)25-24(29)20-7-5-4-6-8-20/h4-13H,14-15H2,1-3H3,(H,25,29). The van der Waals surface area contributed by atoms with E-state index in [1.165, 1.54) is 0 Å². The lowest BCUT2D eigenvalue weighted by Gasteiger charge is -2.11. The maximum Gasteiger partial charge on any atom is 0.310 e. The Morgan fingerprint density at radius 2 is 1.60 bits per heavy atom. The third kappa shape index (κ3) is 5.03. The van der Waals surface area contributed by atoms with E-state index >= 15 is 0 Å². The van der Waals surface area contributed by atoms with Gasteiger partial charge in [0.2, 0.25) is 5.78 Å². The fraction of sp³-hybridized carbons (Fsp3) is 0.208. The number of carbonyl (C=O) groups is 3. The Morgan fingerprint density at radius 3 is 2.27 bits per heavy atom. The first-order chi connectivity index (χ1) is 14.3. The molecule has 3 rings (SSSR count). The number of amides is 1. The Balaban J connectivity index is 1.62. The SMILES string of the molecule is Cc1ccc(CC(=O)OCC(=O)c2cc(C)n(NC(=O)c3ccccc3)c2C)cc1. The van der Waals surface area contributed by atoms with E-state index in [9.17, 15) is 14.4 Å². The van der Waals surface area contributed by atoms with Gasteiger partial charge in [-0.15, -0.1) is 0 Å². The fourth-order valence-corrected chi connectivity index (χ4v) is 3.12. The van der Waals surface area contributed by atoms with E-state index in [1.807, 2.05) is 37.3 Å². The van der Waals surface area contributed by atoms with E-state index in [0.717, 1.165) is 11.1 Å². The molecule has 0 aliphatic carbocycles. The van der Waals surface area contributed by atoms with Gasteiger partial charge in [-0.05, 0) is 44.5 Å². The highest BCUT2D eigenvalue weighted by Crippen LogP contribution is 2.15. The van der Waals surface area contributed by atoms with Gasteiger partial charge in [-0.1, -0.05) is 48.0 Å². The number of carbonyl (C=O) groups excluding carboxylic acids is 3. The molecule has 0 atom stereocenters. The summed E-state index contributed by atoms with van der Waals surface area (Å²) in [5.41, 5.74) is 6.93. The first-order valence-corrected chi connectivity index (χ1v) is 9.65. The summed E-state index contributed by atoms with van der Waals surface area (Å²) >= 11 is 0. The number of aryl methyl sites for hydroxylation is 2. The highest BCUT2D eigenvalue weighted by molar-refractivity contribution is 6.01. The topological polar surface area (TPSA) is 77.4 Å². The van der Waals surface area contributed by atoms with Crippen LogP contribution in [0.25, 0.3) is 0 Å². The first-order valence-electron chi connectivity index (χ1n) is 9.65. The second-order valence-electron chi connectivity index (χ2n) is 7.17. The predicted octanol–water partition coefficient (Wildman–Crippen LogP) is 3.77. The highest BCUT2D eigenvalue weighted by Gasteiger charge is 2.19. The van der Waals surface area contributed by atoms with Gasteiger partial charge < -0.3 is 4.74 Å². The minimum atomic E-state index is -0.460. The Hall–Kier alpha value is -3.67. The lowest BCUT2D eigenvalue weighted by molar-refractivity contribution is -0.141. The Kier molecular flexibility index (Phi) is 6.47. The van der Waals surface area contributed by atoms with Crippen LogP contribution in [0.5, 0.6) is 0 Å². The maximum absolute atomic E-state index is 12.6. The van der Waals surface area contributed by atoms with E-state index in [1.54, 1.807) is 48.9 Å². The van der Waals surface area contributed by atoms with E-state index in [2.05, 4.69) is 5.43 Å². The number of hydrogen-bond acceptors (Lipinski definition) is 4. The molecule has 0 bridgehead atoms. The summed E-state index contributed by atoms with van der Waals surface area (Å²) in [5, 5.41) is 0. The van der Waals surface area contributed by atoms with Crippen LogP contribution in [0.1, 0.15) is 43.2 Å². The minimum absolute atomic E-state index is 0.111. The third-order valence-electron chi connectivity index (χ3n) is 4.81. The summed E-state index contributed by atoms with van der Waals surface area (Å²) in [6.07, 6.45) is 0.111. The molecule has 0 aliphatic rings. The molecule has 2 aromatic carbocycles. The van der Waals surface area contributed by atoms with Crippen LogP contribution in [0.3, 0.4) is 0 Å². The van der Waals surface area contributed by atoms with Gasteiger partial charge in [-0.25, -0.2) is 0 Å². The van der Waals surface area contributed by atoms with Crippen LogP contribution in [-0.4, -0.2) is 28.9 Å². The number of rotatable bonds is 7. The Bertz CT molecular complexity index is 1070. The monoisotopic (exact) mass is 404 g/mol. The second kappa shape index (κ2) is 9.22. The molecule has 3 aromatic rings. The van der Waals surface area contributed by atoms with E-state index in [0.29, 0.717) is 22.5 Å². The molecule has 0 unspecified atom stereocenters. The maximum atomic E-state index is 12.6. The van der Waals surface area contributed by atoms with Crippen LogP contribution in [0.4, 0.5) is 0 Å². The van der Waals surface area contributed by atoms with Crippen molar-refractivity contribution in [3.8, 4) is 0 Å². The molecule has 6 heteroatoms. The molecular formula is C24H24N2O4. The van der Waals surface area contributed by atoms with E-state index in [4.69, 9.17) is 4.74 Å². The molecule has 0 aliphatic heterocycles. The van der Waals surface area contributed by atoms with Crippen molar-refractivity contribution in [3.63, 3.8) is 0 Å². The summed E-state index contributed by atoms with van der Waals surface area (Å²) in [4.78, 5) is 37.1. The number of hydrogen-bond donors (Lipinski definition) is 1. The normalized spacial score (nSPS) is 10.5. The number of ether oxygens (including phenoxy) is 1. The van der Waals surface area contributed by atoms with E-state index < -0.39 is 5.97 Å². The largest absolute Gasteiger partial charge is 0.457 e. The molecule has 6 nitrogen and oxygen atoms in total. The zero-order valence-electron chi connectivity index (χ0n) is 17.3. The summed E-state index contributed by atoms with van der Waals surface area (Å²) in [7, 11) is 0. The number of esters is 1. The number of Topliss-reactive ketones (excluding diaryl/α,β-unsaturated/α-hetero) is 1. The second-order valence-corrected chi connectivity index (χ2v) is 7.17. The van der Waals surface area contributed by atoms with Gasteiger partial charge >= 0.3 is 5.97 Å². The van der Waals surface area contributed by atoms with Gasteiger partial charge in [-0.2, -0.15) is 0 Å². The van der Waals surface area contributed by atoms with Gasteiger partial charge in [0.1, 0.15) is 0 Å². The zero-order valence-corrected chi connectivity index (χ0v) is 17.3. The summed E-state index contributed by atoms with van der Waals surface area (Å²) in [6.45, 7) is 5.15. The molecule has 0 radical (unpaired) electrons.